The maximum atomic E-state index is 11.0. The summed E-state index contributed by atoms with van der Waals surface area (Å²) in [6, 6.07) is 29.4. The highest BCUT2D eigenvalue weighted by atomic mass is 32.2. The van der Waals surface area contributed by atoms with Crippen molar-refractivity contribution >= 4 is 23.7 Å². The van der Waals surface area contributed by atoms with Crippen LogP contribution in [0.15, 0.2) is 103 Å². The molecule has 1 heterocycles. The summed E-state index contributed by atoms with van der Waals surface area (Å²) in [6.45, 7) is 0. The van der Waals surface area contributed by atoms with E-state index in [0.717, 1.165) is 16.7 Å². The Morgan fingerprint density at radius 2 is 1.44 bits per heavy atom. The minimum Gasteiger partial charge on any atom is -0.481 e. The lowest BCUT2D eigenvalue weighted by Crippen LogP contribution is -2.18. The molecule has 4 aromatic rings. The van der Waals surface area contributed by atoms with Crippen molar-refractivity contribution in [3.63, 3.8) is 0 Å². The van der Waals surface area contributed by atoms with Crippen LogP contribution in [0, 0.1) is 0 Å². The number of nitrogens with one attached hydrogen (secondary N) is 2. The number of hydrogen-bond acceptors (Lipinski definition) is 7. The number of thioether (sulfide) groups is 1. The van der Waals surface area contributed by atoms with Gasteiger partial charge in [0.1, 0.15) is 11.4 Å². The van der Waals surface area contributed by atoms with Crippen molar-refractivity contribution in [2.45, 2.75) is 5.25 Å². The van der Waals surface area contributed by atoms with E-state index in [0.29, 0.717) is 17.3 Å². The van der Waals surface area contributed by atoms with E-state index in [1.807, 2.05) is 97.1 Å². The van der Waals surface area contributed by atoms with Gasteiger partial charge in [0.15, 0.2) is 0 Å². The molecule has 0 saturated heterocycles. The van der Waals surface area contributed by atoms with Crippen LogP contribution in [0.4, 0.5) is 5.95 Å². The van der Waals surface area contributed by atoms with Crippen molar-refractivity contribution in [2.24, 2.45) is 0 Å². The Hall–Kier alpha value is -4.17. The van der Waals surface area contributed by atoms with Crippen LogP contribution in [-0.4, -0.2) is 32.0 Å². The second-order valence-electron chi connectivity index (χ2n) is 7.23. The first-order chi connectivity index (χ1) is 16.7. The summed E-state index contributed by atoms with van der Waals surface area (Å²) in [7, 11) is 0. The Bertz CT molecular complexity index is 1240. The van der Waals surface area contributed by atoms with Gasteiger partial charge in [-0.2, -0.15) is 0 Å². The Morgan fingerprint density at radius 3 is 2.06 bits per heavy atom. The molecule has 0 saturated carbocycles. The Balaban J connectivity index is 1.51. The SMILES string of the molecule is O=C(O)CSC(/C=C/NNc1nnc(-c2ccccc2)c(-c2ccccc2)n1)c1ccccc1. The minimum absolute atomic E-state index is 0.00570. The van der Waals surface area contributed by atoms with Gasteiger partial charge in [0, 0.05) is 22.6 Å². The Morgan fingerprint density at radius 1 is 0.853 bits per heavy atom. The van der Waals surface area contributed by atoms with Gasteiger partial charge in [-0.05, 0) is 11.6 Å². The van der Waals surface area contributed by atoms with Crippen molar-refractivity contribution in [2.75, 3.05) is 11.2 Å². The van der Waals surface area contributed by atoms with Gasteiger partial charge in [-0.15, -0.1) is 22.0 Å². The third-order valence-electron chi connectivity index (χ3n) is 4.83. The highest BCUT2D eigenvalue weighted by molar-refractivity contribution is 8.00. The van der Waals surface area contributed by atoms with Gasteiger partial charge in [-0.3, -0.25) is 10.2 Å². The molecular weight excluding hydrogens is 446 g/mol. The van der Waals surface area contributed by atoms with Crippen molar-refractivity contribution in [3.8, 4) is 22.5 Å². The molecule has 0 aliphatic carbocycles. The smallest absolute Gasteiger partial charge is 0.313 e. The van der Waals surface area contributed by atoms with Crippen LogP contribution in [-0.2, 0) is 4.79 Å². The Kier molecular flexibility index (Phi) is 7.86. The van der Waals surface area contributed by atoms with Crippen molar-refractivity contribution < 1.29 is 9.90 Å². The molecule has 3 N–H and O–H groups in total. The van der Waals surface area contributed by atoms with Crippen LogP contribution in [0.3, 0.4) is 0 Å². The van der Waals surface area contributed by atoms with Crippen molar-refractivity contribution in [1.29, 1.82) is 0 Å². The molecule has 1 atom stereocenters. The third kappa shape index (κ3) is 6.20. The lowest BCUT2D eigenvalue weighted by molar-refractivity contribution is -0.133. The first-order valence-corrected chi connectivity index (χ1v) is 11.7. The van der Waals surface area contributed by atoms with Crippen LogP contribution in [0.2, 0.25) is 0 Å². The van der Waals surface area contributed by atoms with Crippen molar-refractivity contribution in [3.05, 3.63) is 109 Å². The largest absolute Gasteiger partial charge is 0.481 e. The predicted octanol–water partition coefficient (Wildman–Crippen LogP) is 5.19. The van der Waals surface area contributed by atoms with Crippen molar-refractivity contribution in [1.82, 2.24) is 20.6 Å². The van der Waals surface area contributed by atoms with E-state index in [-0.39, 0.29) is 11.0 Å². The molecule has 1 unspecified atom stereocenters. The zero-order valence-corrected chi connectivity index (χ0v) is 19.0. The lowest BCUT2D eigenvalue weighted by Gasteiger charge is -2.13. The molecule has 170 valence electrons. The molecule has 0 aliphatic heterocycles. The summed E-state index contributed by atoms with van der Waals surface area (Å²) < 4.78 is 0. The van der Waals surface area contributed by atoms with Crippen LogP contribution >= 0.6 is 11.8 Å². The molecular formula is C26H23N5O2S. The topological polar surface area (TPSA) is 100 Å². The summed E-state index contributed by atoms with van der Waals surface area (Å²) in [4.78, 5) is 15.7. The summed E-state index contributed by atoms with van der Waals surface area (Å²) in [5, 5.41) is 17.6. The number of carbonyl (C=O) groups is 1. The quantitative estimate of drug-likeness (QED) is 0.273. The molecule has 7 nitrogen and oxygen atoms in total. The van der Waals surface area contributed by atoms with Crippen LogP contribution in [0.25, 0.3) is 22.5 Å². The zero-order valence-electron chi connectivity index (χ0n) is 18.2. The fourth-order valence-electron chi connectivity index (χ4n) is 3.28. The number of benzene rings is 3. The summed E-state index contributed by atoms with van der Waals surface area (Å²) in [5.74, 6) is -0.527. The monoisotopic (exact) mass is 469 g/mol. The molecule has 0 spiro atoms. The van der Waals surface area contributed by atoms with Crippen LogP contribution < -0.4 is 10.9 Å². The van der Waals surface area contributed by atoms with E-state index in [2.05, 4.69) is 26.0 Å². The zero-order chi connectivity index (χ0) is 23.6. The number of hydrazine groups is 1. The predicted molar refractivity (Wildman–Crippen MR) is 136 cm³/mol. The van der Waals surface area contributed by atoms with E-state index in [4.69, 9.17) is 5.11 Å². The number of rotatable bonds is 10. The average molecular weight is 470 g/mol. The van der Waals surface area contributed by atoms with Gasteiger partial charge in [-0.1, -0.05) is 91.0 Å². The standard InChI is InChI=1S/C26H23N5O2S/c32-23(33)18-34-22(19-10-4-1-5-11-19)16-17-27-30-26-28-24(20-12-6-2-7-13-20)25(29-31-26)21-14-8-3-9-15-21/h1-17,22,27H,18H2,(H,32,33)(H,28,30,31)/b17-16+. The third-order valence-corrected chi connectivity index (χ3v) is 6.04. The van der Waals surface area contributed by atoms with Gasteiger partial charge in [0.2, 0.25) is 0 Å². The van der Waals surface area contributed by atoms with Gasteiger partial charge >= 0.3 is 5.97 Å². The number of hydrogen-bond donors (Lipinski definition) is 3. The molecule has 0 amide bonds. The van der Waals surface area contributed by atoms with E-state index in [9.17, 15) is 4.79 Å². The molecule has 4 rings (SSSR count). The van der Waals surface area contributed by atoms with Gasteiger partial charge in [-0.25, -0.2) is 4.98 Å². The van der Waals surface area contributed by atoms with E-state index in [1.54, 1.807) is 6.20 Å². The number of nitrogens with zero attached hydrogens (tertiary/aromatic N) is 3. The number of aliphatic carboxylic acids is 1. The maximum Gasteiger partial charge on any atom is 0.313 e. The lowest BCUT2D eigenvalue weighted by atomic mass is 10.0. The number of aromatic nitrogens is 3. The molecule has 0 radical (unpaired) electrons. The number of carboxylic acid groups (broad SMARTS) is 1. The van der Waals surface area contributed by atoms with Crippen LogP contribution in [0.5, 0.6) is 0 Å². The molecule has 1 aromatic heterocycles. The fraction of sp³-hybridized carbons (Fsp3) is 0.0769. The second kappa shape index (κ2) is 11.6. The highest BCUT2D eigenvalue weighted by Gasteiger charge is 2.13. The first-order valence-electron chi connectivity index (χ1n) is 10.6. The van der Waals surface area contributed by atoms with E-state index >= 15 is 0 Å². The molecule has 34 heavy (non-hydrogen) atoms. The first kappa shape index (κ1) is 23.0. The molecule has 0 bridgehead atoms. The Labute approximate surface area is 202 Å². The van der Waals surface area contributed by atoms with Gasteiger partial charge in [0.25, 0.3) is 5.95 Å². The highest BCUT2D eigenvalue weighted by Crippen LogP contribution is 2.30. The molecule has 0 fully saturated rings. The second-order valence-corrected chi connectivity index (χ2v) is 8.36. The minimum atomic E-state index is -0.850. The molecule has 3 aromatic carbocycles. The van der Waals surface area contributed by atoms with Gasteiger partial charge in [0.05, 0.1) is 5.75 Å². The summed E-state index contributed by atoms with van der Waals surface area (Å²) in [6.07, 6.45) is 3.60. The summed E-state index contributed by atoms with van der Waals surface area (Å²) >= 11 is 1.33. The number of anilines is 1. The number of carboxylic acids is 1. The van der Waals surface area contributed by atoms with Crippen LogP contribution in [0.1, 0.15) is 10.8 Å². The summed E-state index contributed by atoms with van der Waals surface area (Å²) in [5.41, 5.74) is 10.2. The molecule has 8 heteroatoms. The maximum absolute atomic E-state index is 11.0. The van der Waals surface area contributed by atoms with E-state index in [1.165, 1.54) is 11.8 Å². The normalized spacial score (nSPS) is 11.8. The van der Waals surface area contributed by atoms with Gasteiger partial charge < -0.3 is 10.5 Å². The average Bonchev–Trinajstić information content (AvgIpc) is 2.89. The van der Waals surface area contributed by atoms with E-state index < -0.39 is 5.97 Å². The fourth-order valence-corrected chi connectivity index (χ4v) is 4.14. The molecule has 0 aliphatic rings.